The fraction of sp³-hybridized carbons (Fsp3) is 0.314. The summed E-state index contributed by atoms with van der Waals surface area (Å²) in [5, 5.41) is 0. The van der Waals surface area contributed by atoms with E-state index in [1.165, 1.54) is 82.5 Å². The fourth-order valence-corrected chi connectivity index (χ4v) is 6.81. The molecule has 0 heterocycles. The molecule has 1 saturated carbocycles. The lowest BCUT2D eigenvalue weighted by molar-refractivity contribution is 0.527. The van der Waals surface area contributed by atoms with Gasteiger partial charge in [0.1, 0.15) is 0 Å². The summed E-state index contributed by atoms with van der Waals surface area (Å²) in [4.78, 5) is 2.40. The van der Waals surface area contributed by atoms with Crippen LogP contribution >= 0.6 is 0 Å². The molecule has 2 atom stereocenters. The molecule has 0 amide bonds. The van der Waals surface area contributed by atoms with E-state index in [0.717, 1.165) is 11.8 Å². The summed E-state index contributed by atoms with van der Waals surface area (Å²) in [6.45, 7) is 8.74. The Kier molecular flexibility index (Phi) is 5.96. The Morgan fingerprint density at radius 1 is 0.472 bits per heavy atom. The number of hydrogen-bond donors (Lipinski definition) is 0. The lowest BCUT2D eigenvalue weighted by atomic mass is 9.77. The molecule has 0 aromatic heterocycles. The van der Waals surface area contributed by atoms with Gasteiger partial charge in [-0.05, 0) is 146 Å². The highest BCUT2D eigenvalue weighted by Gasteiger charge is 2.30. The lowest BCUT2D eigenvalue weighted by Crippen LogP contribution is -2.11. The molecular weight excluding hydrogens is 434 g/mol. The average Bonchev–Trinajstić information content (AvgIpc) is 3.18. The van der Waals surface area contributed by atoms with Crippen LogP contribution in [-0.4, -0.2) is 0 Å². The van der Waals surface area contributed by atoms with Crippen LogP contribution in [0.3, 0.4) is 0 Å². The normalized spacial score (nSPS) is 18.6. The fourth-order valence-electron chi connectivity index (χ4n) is 6.81. The molecule has 1 nitrogen and oxygen atoms in total. The third-order valence-electron chi connectivity index (χ3n) is 8.32. The van der Waals surface area contributed by atoms with Crippen molar-refractivity contribution < 1.29 is 0 Å². The van der Waals surface area contributed by atoms with E-state index in [2.05, 4.69) is 111 Å². The maximum absolute atomic E-state index is 2.51. The molecule has 0 aliphatic heterocycles. The van der Waals surface area contributed by atoms with Crippen LogP contribution in [0.15, 0.2) is 78.9 Å². The summed E-state index contributed by atoms with van der Waals surface area (Å²) >= 11 is 0. The Balaban J connectivity index is 1.40. The highest BCUT2D eigenvalue weighted by Crippen LogP contribution is 2.48. The zero-order valence-corrected chi connectivity index (χ0v) is 22.1. The Hall–Kier alpha value is -3.32. The molecular formula is C35H37N. The molecule has 1 fully saturated rings. The first kappa shape index (κ1) is 23.1. The van der Waals surface area contributed by atoms with Crippen molar-refractivity contribution in [3.8, 4) is 11.1 Å². The van der Waals surface area contributed by atoms with Crippen LogP contribution < -0.4 is 4.90 Å². The average molecular weight is 472 g/mol. The molecule has 4 aromatic carbocycles. The number of hydrogen-bond acceptors (Lipinski definition) is 1. The van der Waals surface area contributed by atoms with Crippen LogP contribution in [-0.2, 0) is 0 Å². The maximum atomic E-state index is 2.51. The lowest BCUT2D eigenvalue weighted by Gasteiger charge is -2.28. The zero-order valence-electron chi connectivity index (χ0n) is 22.1. The number of rotatable bonds is 4. The highest BCUT2D eigenvalue weighted by atomic mass is 15.1. The molecule has 0 N–H and O–H groups in total. The van der Waals surface area contributed by atoms with Crippen molar-refractivity contribution in [2.45, 2.75) is 71.6 Å². The van der Waals surface area contributed by atoms with Crippen LogP contribution in [0.1, 0.15) is 77.3 Å². The number of anilines is 3. The van der Waals surface area contributed by atoms with Gasteiger partial charge in [0.05, 0.1) is 0 Å². The second kappa shape index (κ2) is 9.28. The van der Waals surface area contributed by atoms with Crippen molar-refractivity contribution in [2.75, 3.05) is 4.90 Å². The van der Waals surface area contributed by atoms with Gasteiger partial charge in [-0.2, -0.15) is 0 Å². The van der Waals surface area contributed by atoms with E-state index in [0.29, 0.717) is 0 Å². The van der Waals surface area contributed by atoms with Gasteiger partial charge in [-0.25, -0.2) is 0 Å². The minimum atomic E-state index is 0.766. The van der Waals surface area contributed by atoms with Gasteiger partial charge in [-0.3, -0.25) is 0 Å². The molecule has 2 bridgehead atoms. The Bertz CT molecular complexity index is 1320. The van der Waals surface area contributed by atoms with Crippen molar-refractivity contribution >= 4 is 17.1 Å². The Morgan fingerprint density at radius 2 is 0.972 bits per heavy atom. The van der Waals surface area contributed by atoms with Gasteiger partial charge in [0.2, 0.25) is 0 Å². The summed E-state index contributed by atoms with van der Waals surface area (Å²) < 4.78 is 0. The summed E-state index contributed by atoms with van der Waals surface area (Å²) in [6.07, 6.45) is 6.90. The van der Waals surface area contributed by atoms with Gasteiger partial charge in [0.25, 0.3) is 0 Å². The monoisotopic (exact) mass is 471 g/mol. The van der Waals surface area contributed by atoms with E-state index in [1.54, 1.807) is 11.1 Å². The van der Waals surface area contributed by atoms with Crippen molar-refractivity contribution in [2.24, 2.45) is 0 Å². The van der Waals surface area contributed by atoms with Crippen LogP contribution in [0.25, 0.3) is 11.1 Å². The smallest absolute Gasteiger partial charge is 0.0466 e. The third kappa shape index (κ3) is 4.37. The zero-order chi connectivity index (χ0) is 24.8. The van der Waals surface area contributed by atoms with E-state index in [4.69, 9.17) is 0 Å². The standard InChI is InChI=1S/C35H37N/c1-23-16-24(2)19-32(18-23)36(33-20-25(3)17-26(4)21-33)31-13-10-27(11-14-31)30-12-15-34-28-6-5-7-29(9-8-28)35(34)22-30/h10-22,28-29H,5-9H2,1-4H3. The van der Waals surface area contributed by atoms with Crippen molar-refractivity contribution in [1.29, 1.82) is 0 Å². The molecule has 36 heavy (non-hydrogen) atoms. The van der Waals surface area contributed by atoms with Crippen molar-refractivity contribution in [1.82, 2.24) is 0 Å². The second-order valence-corrected chi connectivity index (χ2v) is 11.3. The molecule has 0 radical (unpaired) electrons. The number of aryl methyl sites for hydroxylation is 4. The number of benzene rings is 4. The predicted octanol–water partition coefficient (Wildman–Crippen LogP) is 10.2. The van der Waals surface area contributed by atoms with E-state index in [-0.39, 0.29) is 0 Å². The number of fused-ring (bicyclic) bond motifs is 3. The molecule has 4 aromatic rings. The number of nitrogens with zero attached hydrogens (tertiary/aromatic N) is 1. The van der Waals surface area contributed by atoms with E-state index >= 15 is 0 Å². The summed E-state index contributed by atoms with van der Waals surface area (Å²) in [5.74, 6) is 1.56. The van der Waals surface area contributed by atoms with Gasteiger partial charge < -0.3 is 4.90 Å². The largest absolute Gasteiger partial charge is 0.310 e. The SMILES string of the molecule is Cc1cc(C)cc(N(c2ccc(-c3ccc4c(c3)C3CCCC4CC3)cc2)c2cc(C)cc(C)c2)c1. The first-order valence-electron chi connectivity index (χ1n) is 13.7. The van der Waals surface area contributed by atoms with Crippen molar-refractivity contribution in [3.05, 3.63) is 112 Å². The van der Waals surface area contributed by atoms with Crippen LogP contribution in [0.5, 0.6) is 0 Å². The molecule has 2 unspecified atom stereocenters. The van der Waals surface area contributed by atoms with Gasteiger partial charge in [0.15, 0.2) is 0 Å². The highest BCUT2D eigenvalue weighted by molar-refractivity contribution is 5.79. The second-order valence-electron chi connectivity index (χ2n) is 11.3. The topological polar surface area (TPSA) is 3.24 Å². The Morgan fingerprint density at radius 3 is 1.53 bits per heavy atom. The third-order valence-corrected chi connectivity index (χ3v) is 8.32. The summed E-state index contributed by atoms with van der Waals surface area (Å²) in [6, 6.07) is 30.2. The summed E-state index contributed by atoms with van der Waals surface area (Å²) in [7, 11) is 0. The van der Waals surface area contributed by atoms with E-state index in [1.807, 2.05) is 0 Å². The summed E-state index contributed by atoms with van der Waals surface area (Å²) in [5.41, 5.74) is 14.7. The predicted molar refractivity (Wildman–Crippen MR) is 154 cm³/mol. The Labute approximate surface area is 216 Å². The molecule has 182 valence electrons. The molecule has 0 spiro atoms. The first-order valence-corrected chi connectivity index (χ1v) is 13.7. The molecule has 3 aliphatic carbocycles. The van der Waals surface area contributed by atoms with E-state index < -0.39 is 0 Å². The van der Waals surface area contributed by atoms with Crippen LogP contribution in [0, 0.1) is 27.7 Å². The molecule has 7 rings (SSSR count). The molecule has 0 saturated heterocycles. The van der Waals surface area contributed by atoms with Gasteiger partial charge in [0, 0.05) is 17.1 Å². The van der Waals surface area contributed by atoms with Crippen LogP contribution in [0.2, 0.25) is 0 Å². The minimum Gasteiger partial charge on any atom is -0.310 e. The van der Waals surface area contributed by atoms with Gasteiger partial charge >= 0.3 is 0 Å². The van der Waals surface area contributed by atoms with Gasteiger partial charge in [-0.1, -0.05) is 48.9 Å². The van der Waals surface area contributed by atoms with Crippen molar-refractivity contribution in [3.63, 3.8) is 0 Å². The molecule has 3 aliphatic rings. The quantitative estimate of drug-likeness (QED) is 0.286. The maximum Gasteiger partial charge on any atom is 0.0466 e. The van der Waals surface area contributed by atoms with Gasteiger partial charge in [-0.15, -0.1) is 0 Å². The molecule has 1 heteroatoms. The van der Waals surface area contributed by atoms with Crippen LogP contribution in [0.4, 0.5) is 17.1 Å². The first-order chi connectivity index (χ1) is 17.4. The van der Waals surface area contributed by atoms with E-state index in [9.17, 15) is 0 Å². The minimum absolute atomic E-state index is 0.766.